The number of hydrogen-bond acceptors (Lipinski definition) is 15. The van der Waals surface area contributed by atoms with Crippen LogP contribution in [0.15, 0.2) is 315 Å². The fourth-order valence-corrected chi connectivity index (χ4v) is 12.8. The lowest BCUT2D eigenvalue weighted by atomic mass is 10.1. The van der Waals surface area contributed by atoms with Gasteiger partial charge in [-0.25, -0.2) is 24.9 Å². The summed E-state index contributed by atoms with van der Waals surface area (Å²) < 4.78 is 6.76. The number of aromatic nitrogens is 11. The van der Waals surface area contributed by atoms with E-state index in [0.29, 0.717) is 0 Å². The van der Waals surface area contributed by atoms with Crippen LogP contribution < -0.4 is 9.80 Å². The van der Waals surface area contributed by atoms with Gasteiger partial charge in [0.05, 0.1) is 39.6 Å². The maximum atomic E-state index is 5.37. The van der Waals surface area contributed by atoms with Crippen LogP contribution in [-0.4, -0.2) is 132 Å². The Kier molecular flexibility index (Phi) is 35.8. The Morgan fingerprint density at radius 2 is 0.991 bits per heavy atom. The molecule has 584 valence electrons. The van der Waals surface area contributed by atoms with Crippen molar-refractivity contribution < 1.29 is 4.42 Å². The van der Waals surface area contributed by atoms with Gasteiger partial charge in [0, 0.05) is 103 Å². The van der Waals surface area contributed by atoms with Gasteiger partial charge in [-0.3, -0.25) is 9.97 Å². The average Bonchev–Trinajstić information content (AvgIpc) is 1.66. The molecule has 19 rings (SSSR count). The van der Waals surface area contributed by atoms with Crippen LogP contribution in [0.3, 0.4) is 0 Å². The molecule has 2 fully saturated rings. The molecule has 2 saturated heterocycles. The molecule has 16 nitrogen and oxygen atoms in total. The van der Waals surface area contributed by atoms with E-state index in [1.807, 2.05) is 204 Å². The van der Waals surface area contributed by atoms with Crippen LogP contribution >= 0.6 is 11.3 Å². The topological polar surface area (TPSA) is 174 Å². The van der Waals surface area contributed by atoms with Crippen molar-refractivity contribution in [3.8, 4) is 0 Å². The summed E-state index contributed by atoms with van der Waals surface area (Å²) in [5, 5.41) is 14.2. The first kappa shape index (κ1) is 85.6. The summed E-state index contributed by atoms with van der Waals surface area (Å²) in [6.07, 6.45) is 16.6. The fourth-order valence-electron chi connectivity index (χ4n) is 11.9. The van der Waals surface area contributed by atoms with Crippen LogP contribution in [0.4, 0.5) is 11.8 Å². The van der Waals surface area contributed by atoms with E-state index < -0.39 is 0 Å². The molecular formula is C97H109N15OS. The molecule has 0 unspecified atom stereocenters. The minimum atomic E-state index is 0.857. The van der Waals surface area contributed by atoms with Crippen LogP contribution in [0.25, 0.3) is 71.1 Å². The normalized spacial score (nSPS) is 12.2. The standard InChI is InChI=1S/C10H15N3.C10H9N.C9H14N4.C9H8N2.C9H8O.C9H8S.C9H12.C9H10.C8H8N2.C8H10.C7H7N3/c1-12-6-8-13(9-7-12)10-4-2-3-5-11-10;1-8-6-7-9-4-2-3-5-10(9)11-8;1-12-5-7-13(8-6-12)9-10-3-2-4-11-9;1-7-6-10-8-4-2-3-5-9(8)11-7;2*1-7-6-8-4-2-3-5-9(8)10-7;2*1-2-6-9-7-4-3-5-8-9;1-6-2-3-7-8(4-6)10-5-9-7;1-2-8-6-4-3-5-7-8;1-5-2-3-6-7(4-5)9-10-8-6/h2-5H,6-9H2,1H3;2-7H,1H3;2-4H,5-8H2,1H3;2-6H,1H3;2*2-6H,1H3;3-5,7-8H,2,6H2,1H3;2-8H,1H3;2-5H,1H3,(H,9,10);3-7H,2H2,1H3;2-4H,1H3,(H,8,9,10)/b;;;;;;;6-2+;;;. The number of pyridine rings is 2. The largest absolute Gasteiger partial charge is 0.461 e. The zero-order valence-corrected chi connectivity index (χ0v) is 68.7. The zero-order chi connectivity index (χ0) is 80.3. The van der Waals surface area contributed by atoms with Gasteiger partial charge in [-0.15, -0.1) is 11.3 Å². The van der Waals surface area contributed by atoms with Crippen LogP contribution in [0, 0.1) is 41.5 Å². The number of aryl methyl sites for hydroxylation is 8. The van der Waals surface area contributed by atoms with E-state index in [-0.39, 0.29) is 0 Å². The van der Waals surface area contributed by atoms with Crippen molar-refractivity contribution in [3.05, 3.63) is 360 Å². The molecule has 0 saturated carbocycles. The first-order valence-corrected chi connectivity index (χ1v) is 39.9. The second-order valence-corrected chi connectivity index (χ2v) is 28.8. The SMILES string of the molecule is C/C=C/c1ccccc1.CCCc1ccccc1.CCc1ccccc1.CN1CCN(c2ccccn2)CC1.CN1CCN(c2ncccn2)CC1.Cc1cc2ccccc2o1.Cc1cc2ccccc2s1.Cc1ccc2ccccc2n1.Cc1ccc2n[nH]nc2c1.Cc1ccc2nc[nH]c2c1.Cc1cnc2ccccc2n1. The van der Waals surface area contributed by atoms with Gasteiger partial charge in [-0.1, -0.05) is 214 Å². The van der Waals surface area contributed by atoms with Gasteiger partial charge in [0.1, 0.15) is 28.2 Å². The monoisotopic (exact) mass is 1530 g/mol. The van der Waals surface area contributed by atoms with E-state index in [1.165, 1.54) is 66.4 Å². The Hall–Kier alpha value is -12.4. The molecule has 0 spiro atoms. The van der Waals surface area contributed by atoms with E-state index >= 15 is 0 Å². The number of likely N-dealkylation sites (N-methyl/N-ethyl adjacent to an activating group) is 2. The van der Waals surface area contributed by atoms with Gasteiger partial charge in [-0.05, 0) is 200 Å². The number of fused-ring (bicyclic) bond motifs is 6. The molecule has 17 heteroatoms. The van der Waals surface area contributed by atoms with Crippen molar-refractivity contribution in [2.75, 3.05) is 76.3 Å². The molecule has 2 N–H and O–H groups in total. The second kappa shape index (κ2) is 47.7. The lowest BCUT2D eigenvalue weighted by Gasteiger charge is -2.33. The molecule has 2 aliphatic rings. The maximum absolute atomic E-state index is 5.37. The molecule has 0 amide bonds. The highest BCUT2D eigenvalue weighted by molar-refractivity contribution is 7.19. The van der Waals surface area contributed by atoms with E-state index in [9.17, 15) is 0 Å². The summed E-state index contributed by atoms with van der Waals surface area (Å²) in [7, 11) is 4.30. The van der Waals surface area contributed by atoms with E-state index in [2.05, 4.69) is 250 Å². The molecule has 114 heavy (non-hydrogen) atoms. The predicted molar refractivity (Wildman–Crippen MR) is 481 cm³/mol. The van der Waals surface area contributed by atoms with Gasteiger partial charge < -0.3 is 29.0 Å². The van der Waals surface area contributed by atoms with Gasteiger partial charge in [-0.2, -0.15) is 15.4 Å². The molecule has 9 aromatic carbocycles. The van der Waals surface area contributed by atoms with Crippen LogP contribution in [-0.2, 0) is 12.8 Å². The molecule has 0 radical (unpaired) electrons. The van der Waals surface area contributed by atoms with E-state index in [1.54, 1.807) is 24.9 Å². The quantitative estimate of drug-likeness (QED) is 0.161. The molecule has 0 bridgehead atoms. The number of rotatable bonds is 6. The predicted octanol–water partition coefficient (Wildman–Crippen LogP) is 22.2. The Morgan fingerprint density at radius 3 is 1.63 bits per heavy atom. The number of nitrogens with zero attached hydrogens (tertiary/aromatic N) is 13. The van der Waals surface area contributed by atoms with Gasteiger partial charge in [0.25, 0.3) is 0 Å². The molecule has 17 aromatic rings. The third-order valence-electron chi connectivity index (χ3n) is 18.1. The number of imidazole rings is 1. The Labute approximate surface area is 677 Å². The minimum Gasteiger partial charge on any atom is -0.461 e. The van der Waals surface area contributed by atoms with Gasteiger partial charge in [0.15, 0.2) is 0 Å². The summed E-state index contributed by atoms with van der Waals surface area (Å²) >= 11 is 1.85. The third-order valence-corrected chi connectivity index (χ3v) is 19.1. The van der Waals surface area contributed by atoms with Crippen LogP contribution in [0.1, 0.15) is 77.0 Å². The lowest BCUT2D eigenvalue weighted by molar-refractivity contribution is 0.311. The van der Waals surface area contributed by atoms with Crippen molar-refractivity contribution in [2.24, 2.45) is 0 Å². The number of H-pyrrole nitrogens is 2. The third kappa shape index (κ3) is 30.0. The molecular weight excluding hydrogens is 1420 g/mol. The summed E-state index contributed by atoms with van der Waals surface area (Å²) in [5.74, 6) is 2.94. The molecule has 10 heterocycles. The van der Waals surface area contributed by atoms with E-state index in [0.717, 1.165) is 132 Å². The number of para-hydroxylation sites is 4. The van der Waals surface area contributed by atoms with Crippen LogP contribution in [0.5, 0.6) is 0 Å². The number of piperazine rings is 2. The maximum Gasteiger partial charge on any atom is 0.225 e. The molecule has 0 aliphatic carbocycles. The Bertz CT molecular complexity index is 5160. The summed E-state index contributed by atoms with van der Waals surface area (Å²) in [6, 6.07) is 92.2. The van der Waals surface area contributed by atoms with Crippen molar-refractivity contribution in [1.82, 2.24) is 65.1 Å². The highest BCUT2D eigenvalue weighted by Gasteiger charge is 2.16. The summed E-state index contributed by atoms with van der Waals surface area (Å²) in [6.45, 7) is 27.2. The first-order chi connectivity index (χ1) is 55.7. The lowest BCUT2D eigenvalue weighted by Crippen LogP contribution is -2.45. The zero-order valence-electron chi connectivity index (χ0n) is 67.9. The van der Waals surface area contributed by atoms with Crippen molar-refractivity contribution >= 4 is 94.2 Å². The number of nitrogens with one attached hydrogen (secondary N) is 2. The van der Waals surface area contributed by atoms with Crippen LogP contribution in [0.2, 0.25) is 0 Å². The number of benzene rings is 9. The molecule has 2 aliphatic heterocycles. The number of thiophene rings is 1. The Balaban J connectivity index is 0.000000144. The van der Waals surface area contributed by atoms with Crippen molar-refractivity contribution in [2.45, 2.75) is 81.6 Å². The Morgan fingerprint density at radius 1 is 0.430 bits per heavy atom. The molecule has 8 aromatic heterocycles. The molecule has 0 atom stereocenters. The average molecular weight is 1530 g/mol. The second-order valence-electron chi connectivity index (χ2n) is 27.5. The van der Waals surface area contributed by atoms with Gasteiger partial charge >= 0.3 is 0 Å². The van der Waals surface area contributed by atoms with E-state index in [4.69, 9.17) is 4.42 Å². The number of anilines is 2. The van der Waals surface area contributed by atoms with Crippen molar-refractivity contribution in [1.29, 1.82) is 0 Å². The smallest absolute Gasteiger partial charge is 0.225 e. The minimum absolute atomic E-state index is 0.857. The summed E-state index contributed by atoms with van der Waals surface area (Å²) in [4.78, 5) is 43.5. The first-order valence-electron chi connectivity index (χ1n) is 39.1. The number of hydrogen-bond donors (Lipinski definition) is 2. The fraction of sp³-hybridized carbons (Fsp3) is 0.227. The highest BCUT2D eigenvalue weighted by Crippen LogP contribution is 2.24. The number of allylic oxidation sites excluding steroid dienone is 1. The summed E-state index contributed by atoms with van der Waals surface area (Å²) in [5.41, 5.74) is 16.6. The van der Waals surface area contributed by atoms with Gasteiger partial charge in [0.2, 0.25) is 5.95 Å². The number of furan rings is 1. The highest BCUT2D eigenvalue weighted by atomic mass is 32.1. The van der Waals surface area contributed by atoms with Crippen molar-refractivity contribution in [3.63, 3.8) is 0 Å². The number of aromatic amines is 2.